The van der Waals surface area contributed by atoms with Gasteiger partial charge in [-0.15, -0.1) is 0 Å². The molecule has 6 nitrogen and oxygen atoms in total. The molecule has 1 aliphatic heterocycles. The van der Waals surface area contributed by atoms with E-state index < -0.39 is 29.5 Å². The van der Waals surface area contributed by atoms with Gasteiger partial charge in [-0.1, -0.05) is 18.2 Å². The van der Waals surface area contributed by atoms with Gasteiger partial charge in [0.05, 0.1) is 37.4 Å². The number of anilines is 1. The van der Waals surface area contributed by atoms with Crippen molar-refractivity contribution in [2.75, 3.05) is 18.6 Å². The Morgan fingerprint density at radius 3 is 2.62 bits per heavy atom. The zero-order valence-corrected chi connectivity index (χ0v) is 15.6. The minimum absolute atomic E-state index is 0.00372. The maximum Gasteiger partial charge on any atom is 0.256 e. The summed E-state index contributed by atoms with van der Waals surface area (Å²) < 4.78 is 20.1. The number of amides is 1. The average Bonchev–Trinajstić information content (AvgIpc) is 3.08. The predicted octanol–water partition coefficient (Wildman–Crippen LogP) is 2.62. The molecule has 0 aromatic heterocycles. The molecule has 0 spiro atoms. The highest BCUT2D eigenvalue weighted by molar-refractivity contribution is 6.20. The minimum Gasteiger partial charge on any atom is -0.497 e. The van der Waals surface area contributed by atoms with Gasteiger partial charge in [0.2, 0.25) is 0 Å². The average molecular weight is 392 g/mol. The smallest absolute Gasteiger partial charge is 0.256 e. The number of ether oxygens (including phenoxy) is 1. The lowest BCUT2D eigenvalue weighted by Gasteiger charge is -2.28. The van der Waals surface area contributed by atoms with Crippen LogP contribution in [0.5, 0.6) is 5.75 Å². The van der Waals surface area contributed by atoms with E-state index in [2.05, 4.69) is 0 Å². The van der Waals surface area contributed by atoms with E-state index in [9.17, 15) is 24.3 Å². The summed E-state index contributed by atoms with van der Waals surface area (Å²) in [4.78, 5) is 26.5. The van der Waals surface area contributed by atoms with Crippen molar-refractivity contribution in [3.8, 4) is 22.9 Å². The Hall–Kier alpha value is -3.50. The molecule has 0 saturated heterocycles. The third-order valence-electron chi connectivity index (χ3n) is 5.31. The maximum absolute atomic E-state index is 14.9. The van der Waals surface area contributed by atoms with Crippen LogP contribution in [0.3, 0.4) is 0 Å². The van der Waals surface area contributed by atoms with Crippen LogP contribution in [0.25, 0.3) is 11.1 Å². The number of ketones is 1. The number of rotatable bonds is 3. The highest BCUT2D eigenvalue weighted by Gasteiger charge is 2.45. The van der Waals surface area contributed by atoms with Gasteiger partial charge in [-0.2, -0.15) is 5.26 Å². The van der Waals surface area contributed by atoms with Crippen LogP contribution in [-0.4, -0.2) is 36.6 Å². The summed E-state index contributed by atoms with van der Waals surface area (Å²) in [7, 11) is 1.54. The number of carbonyl (C=O) groups excluding carboxylic acids is 2. The van der Waals surface area contributed by atoms with Crippen LogP contribution in [0.15, 0.2) is 53.6 Å². The molecule has 2 aromatic rings. The molecule has 2 aliphatic rings. The summed E-state index contributed by atoms with van der Waals surface area (Å²) in [5.41, 5.74) is 1.26. The van der Waals surface area contributed by atoms with Crippen LogP contribution >= 0.6 is 0 Å². The number of Topliss-reactive ketones (excluding diaryl/α,β-unsaturated/α-hetero) is 1. The number of methoxy groups -OCH3 is 1. The predicted molar refractivity (Wildman–Crippen MR) is 103 cm³/mol. The zero-order chi connectivity index (χ0) is 20.7. The van der Waals surface area contributed by atoms with Crippen LogP contribution in [0, 0.1) is 23.1 Å². The standard InChI is InChI=1S/C22H17FN2O4/c1-29-15-4-2-3-12(7-15)13-5-6-17(16(23)8-13)25-11-19(27)21-18(26)9-14(10-24)20(21)22(25)28/h2-8,14,18,26H,9,11H2,1H3. The highest BCUT2D eigenvalue weighted by atomic mass is 19.1. The molecule has 4 rings (SSSR count). The van der Waals surface area contributed by atoms with E-state index >= 15 is 0 Å². The first-order valence-electron chi connectivity index (χ1n) is 9.05. The summed E-state index contributed by atoms with van der Waals surface area (Å²) in [6.07, 6.45) is -1.13. The Kier molecular flexibility index (Phi) is 4.65. The first kappa shape index (κ1) is 18.8. The summed E-state index contributed by atoms with van der Waals surface area (Å²) in [5.74, 6) is -2.00. The first-order valence-corrected chi connectivity index (χ1v) is 9.05. The summed E-state index contributed by atoms with van der Waals surface area (Å²) in [6.45, 7) is -0.373. The molecule has 2 unspecified atom stereocenters. The maximum atomic E-state index is 14.9. The second kappa shape index (κ2) is 7.15. The van der Waals surface area contributed by atoms with Crippen molar-refractivity contribution in [3.05, 3.63) is 59.4 Å². The number of nitrogens with zero attached hydrogens (tertiary/aromatic N) is 2. The van der Waals surface area contributed by atoms with E-state index in [1.54, 1.807) is 37.4 Å². The second-order valence-corrected chi connectivity index (χ2v) is 6.97. The number of halogens is 1. The molecule has 0 bridgehead atoms. The van der Waals surface area contributed by atoms with Crippen LogP contribution in [0.2, 0.25) is 0 Å². The lowest BCUT2D eigenvalue weighted by Crippen LogP contribution is -2.43. The molecule has 1 aliphatic carbocycles. The molecular weight excluding hydrogens is 375 g/mol. The SMILES string of the molecule is COc1cccc(-c2ccc(N3CC(=O)C4=C(C3=O)C(C#N)CC4O)c(F)c2)c1. The summed E-state index contributed by atoms with van der Waals surface area (Å²) in [5, 5.41) is 19.3. The highest BCUT2D eigenvalue weighted by Crippen LogP contribution is 2.39. The van der Waals surface area contributed by atoms with Crippen molar-refractivity contribution >= 4 is 17.4 Å². The van der Waals surface area contributed by atoms with Gasteiger partial charge >= 0.3 is 0 Å². The fourth-order valence-electron chi connectivity index (χ4n) is 3.89. The van der Waals surface area contributed by atoms with Crippen LogP contribution in [0.1, 0.15) is 6.42 Å². The van der Waals surface area contributed by atoms with E-state index in [4.69, 9.17) is 4.74 Å². The third kappa shape index (κ3) is 3.08. The number of aliphatic hydroxyl groups is 1. The molecule has 2 aromatic carbocycles. The molecule has 29 heavy (non-hydrogen) atoms. The van der Waals surface area contributed by atoms with E-state index in [0.717, 1.165) is 10.5 Å². The van der Waals surface area contributed by atoms with E-state index in [1.807, 2.05) is 6.07 Å². The Morgan fingerprint density at radius 2 is 1.93 bits per heavy atom. The van der Waals surface area contributed by atoms with Crippen molar-refractivity contribution in [1.29, 1.82) is 5.26 Å². The number of carbonyl (C=O) groups is 2. The Labute approximate surface area is 166 Å². The van der Waals surface area contributed by atoms with Gasteiger partial charge in [-0.3, -0.25) is 14.5 Å². The second-order valence-electron chi connectivity index (χ2n) is 6.97. The van der Waals surface area contributed by atoms with Crippen molar-refractivity contribution in [1.82, 2.24) is 0 Å². The third-order valence-corrected chi connectivity index (χ3v) is 5.31. The van der Waals surface area contributed by atoms with Crippen molar-refractivity contribution in [3.63, 3.8) is 0 Å². The molecule has 0 saturated carbocycles. The van der Waals surface area contributed by atoms with Crippen LogP contribution in [0.4, 0.5) is 10.1 Å². The van der Waals surface area contributed by atoms with Crippen LogP contribution in [-0.2, 0) is 9.59 Å². The molecule has 7 heteroatoms. The number of nitriles is 1. The minimum atomic E-state index is -1.13. The summed E-state index contributed by atoms with van der Waals surface area (Å²) in [6, 6.07) is 13.5. The molecule has 146 valence electrons. The lowest BCUT2D eigenvalue weighted by atomic mass is 9.95. The Balaban J connectivity index is 1.71. The van der Waals surface area contributed by atoms with Gasteiger partial charge in [0.25, 0.3) is 5.91 Å². The van der Waals surface area contributed by atoms with Gasteiger partial charge in [0.1, 0.15) is 11.6 Å². The fraction of sp³-hybridized carbons (Fsp3) is 0.227. The van der Waals surface area contributed by atoms with E-state index in [-0.39, 0.29) is 29.8 Å². The largest absolute Gasteiger partial charge is 0.497 e. The fourth-order valence-corrected chi connectivity index (χ4v) is 3.89. The Morgan fingerprint density at radius 1 is 1.17 bits per heavy atom. The molecule has 1 amide bonds. The van der Waals surface area contributed by atoms with Crippen LogP contribution < -0.4 is 9.64 Å². The normalized spacial score (nSPS) is 21.2. The van der Waals surface area contributed by atoms with E-state index in [0.29, 0.717) is 11.3 Å². The number of hydrogen-bond donors (Lipinski definition) is 1. The molecule has 1 N–H and O–H groups in total. The quantitative estimate of drug-likeness (QED) is 0.867. The number of benzene rings is 2. The number of aliphatic hydroxyl groups excluding tert-OH is 1. The molecule has 1 heterocycles. The van der Waals surface area contributed by atoms with Crippen molar-refractivity contribution < 1.29 is 23.8 Å². The van der Waals surface area contributed by atoms with Gasteiger partial charge in [-0.25, -0.2) is 4.39 Å². The molecular formula is C22H17FN2O4. The topological polar surface area (TPSA) is 90.6 Å². The lowest BCUT2D eigenvalue weighted by molar-refractivity contribution is -0.121. The Bertz CT molecular complexity index is 1100. The summed E-state index contributed by atoms with van der Waals surface area (Å²) >= 11 is 0. The molecule has 2 atom stereocenters. The number of hydrogen-bond acceptors (Lipinski definition) is 5. The van der Waals surface area contributed by atoms with Crippen molar-refractivity contribution in [2.24, 2.45) is 5.92 Å². The van der Waals surface area contributed by atoms with Gasteiger partial charge in [0, 0.05) is 11.1 Å². The van der Waals surface area contributed by atoms with E-state index in [1.165, 1.54) is 12.1 Å². The monoisotopic (exact) mass is 392 g/mol. The van der Waals surface area contributed by atoms with Gasteiger partial charge in [0.15, 0.2) is 5.78 Å². The zero-order valence-electron chi connectivity index (χ0n) is 15.6. The first-order chi connectivity index (χ1) is 13.9. The van der Waals surface area contributed by atoms with Gasteiger partial charge < -0.3 is 9.84 Å². The molecule has 0 radical (unpaired) electrons. The van der Waals surface area contributed by atoms with Crippen molar-refractivity contribution in [2.45, 2.75) is 12.5 Å². The molecule has 0 fully saturated rings. The van der Waals surface area contributed by atoms with Gasteiger partial charge in [-0.05, 0) is 41.8 Å².